The molecule has 0 aliphatic carbocycles. The fourth-order valence-corrected chi connectivity index (χ4v) is 3.92. The van der Waals surface area contributed by atoms with Gasteiger partial charge < -0.3 is 14.9 Å². The molecule has 0 amide bonds. The smallest absolute Gasteiger partial charge is 0.356 e. The first-order valence-corrected chi connectivity index (χ1v) is 12.1. The van der Waals surface area contributed by atoms with Crippen LogP contribution in [0.15, 0.2) is 97.6 Å². The molecule has 0 atom stereocenters. The third-order valence-corrected chi connectivity index (χ3v) is 6.21. The largest absolute Gasteiger partial charge is 0.508 e. The quantitative estimate of drug-likeness (QED) is 0.292. The van der Waals surface area contributed by atoms with Crippen LogP contribution in [-0.4, -0.2) is 14.9 Å². The summed E-state index contributed by atoms with van der Waals surface area (Å²) in [6.45, 7) is 1.36. The van der Waals surface area contributed by atoms with Gasteiger partial charge >= 0.3 is 7.60 Å². The van der Waals surface area contributed by atoms with Crippen LogP contribution in [-0.2, 0) is 17.7 Å². The maximum Gasteiger partial charge on any atom is 0.356 e. The average Bonchev–Trinajstić information content (AvgIpc) is 2.81. The standard InChI is InChI=1S/C26H23N2O4P/c29-25-7-3-23(4-8-25)19-27-15-11-21(12-16-27)1-2-22-13-17-28(18-14-22)20-24-5-9-26(10-6-24)33(30,31)32/h1-18H,19-20H2,(H-2,29,30,31,32)/p+2. The van der Waals surface area contributed by atoms with E-state index in [1.807, 2.05) is 53.6 Å². The van der Waals surface area contributed by atoms with Gasteiger partial charge in [-0.25, -0.2) is 9.13 Å². The highest BCUT2D eigenvalue weighted by Crippen LogP contribution is 2.32. The molecule has 0 spiro atoms. The molecule has 2 aromatic heterocycles. The molecule has 4 rings (SSSR count). The molecule has 6 nitrogen and oxygen atoms in total. The second-order valence-electron chi connectivity index (χ2n) is 7.82. The van der Waals surface area contributed by atoms with Crippen LogP contribution in [0.2, 0.25) is 0 Å². The van der Waals surface area contributed by atoms with E-state index in [1.54, 1.807) is 24.3 Å². The Balaban J connectivity index is 1.35. The Kier molecular flexibility index (Phi) is 6.80. The lowest BCUT2D eigenvalue weighted by atomic mass is 10.1. The highest BCUT2D eigenvalue weighted by molar-refractivity contribution is 7.60. The third-order valence-electron chi connectivity index (χ3n) is 5.24. The van der Waals surface area contributed by atoms with Crippen molar-refractivity contribution >= 4 is 25.1 Å². The number of phenolic OH excluding ortho intramolecular Hbond substituents is 1. The summed E-state index contributed by atoms with van der Waals surface area (Å²) in [6.07, 6.45) is 12.1. The molecule has 0 saturated carbocycles. The number of aromatic nitrogens is 2. The highest BCUT2D eigenvalue weighted by atomic mass is 31.2. The van der Waals surface area contributed by atoms with E-state index in [2.05, 4.69) is 28.9 Å². The van der Waals surface area contributed by atoms with Crippen LogP contribution in [0.3, 0.4) is 0 Å². The van der Waals surface area contributed by atoms with Gasteiger partial charge in [0, 0.05) is 35.4 Å². The van der Waals surface area contributed by atoms with Crippen molar-refractivity contribution < 1.29 is 28.6 Å². The lowest BCUT2D eigenvalue weighted by molar-refractivity contribution is -0.688. The summed E-state index contributed by atoms with van der Waals surface area (Å²) in [6, 6.07) is 21.8. The van der Waals surface area contributed by atoms with Crippen LogP contribution in [0.1, 0.15) is 22.3 Å². The Morgan fingerprint density at radius 2 is 1.03 bits per heavy atom. The molecular weight excluding hydrogens is 435 g/mol. The molecule has 0 bridgehead atoms. The van der Waals surface area contributed by atoms with Crippen LogP contribution in [0.25, 0.3) is 12.2 Å². The van der Waals surface area contributed by atoms with E-state index in [4.69, 9.17) is 0 Å². The van der Waals surface area contributed by atoms with Gasteiger partial charge in [0.25, 0.3) is 0 Å². The van der Waals surface area contributed by atoms with Gasteiger partial charge in [-0.3, -0.25) is 4.57 Å². The van der Waals surface area contributed by atoms with E-state index in [9.17, 15) is 19.5 Å². The van der Waals surface area contributed by atoms with Crippen LogP contribution < -0.4 is 14.4 Å². The molecule has 166 valence electrons. The number of rotatable bonds is 7. The summed E-state index contributed by atoms with van der Waals surface area (Å²) >= 11 is 0. The van der Waals surface area contributed by atoms with E-state index in [0.29, 0.717) is 6.54 Å². The monoisotopic (exact) mass is 460 g/mol. The second kappa shape index (κ2) is 9.92. The van der Waals surface area contributed by atoms with Crippen LogP contribution in [0.4, 0.5) is 0 Å². The number of aromatic hydroxyl groups is 1. The summed E-state index contributed by atoms with van der Waals surface area (Å²) in [4.78, 5) is 18.4. The van der Waals surface area contributed by atoms with E-state index >= 15 is 0 Å². The lowest BCUT2D eigenvalue weighted by Gasteiger charge is -2.04. The number of hydrogen-bond acceptors (Lipinski definition) is 2. The molecule has 2 aromatic carbocycles. The summed E-state index contributed by atoms with van der Waals surface area (Å²) < 4.78 is 15.4. The van der Waals surface area contributed by atoms with Crippen molar-refractivity contribution in [3.63, 3.8) is 0 Å². The number of hydrogen-bond donors (Lipinski definition) is 3. The van der Waals surface area contributed by atoms with Crippen LogP contribution >= 0.6 is 7.60 Å². The van der Waals surface area contributed by atoms with E-state index in [-0.39, 0.29) is 11.1 Å². The molecule has 0 radical (unpaired) electrons. The zero-order chi connectivity index (χ0) is 23.3. The first-order chi connectivity index (χ1) is 15.8. The zero-order valence-electron chi connectivity index (χ0n) is 17.9. The molecule has 0 aliphatic heterocycles. The van der Waals surface area contributed by atoms with Crippen molar-refractivity contribution in [1.82, 2.24) is 0 Å². The van der Waals surface area contributed by atoms with Crippen LogP contribution in [0.5, 0.6) is 5.75 Å². The SMILES string of the molecule is O=P(O)(O)c1ccc(C[n+]2ccc(C=Cc3cc[n+](Cc4ccc(O)cc4)cc3)cc2)cc1. The van der Waals surface area contributed by atoms with Crippen molar-refractivity contribution in [2.45, 2.75) is 13.1 Å². The van der Waals surface area contributed by atoms with Gasteiger partial charge in [-0.2, -0.15) is 0 Å². The maximum atomic E-state index is 11.3. The van der Waals surface area contributed by atoms with Gasteiger partial charge in [0.15, 0.2) is 37.9 Å². The number of nitrogens with zero attached hydrogens (tertiary/aromatic N) is 2. The Bertz CT molecular complexity index is 1280. The molecule has 2 heterocycles. The Hall–Kier alpha value is -3.57. The van der Waals surface area contributed by atoms with E-state index in [1.165, 1.54) is 12.1 Å². The van der Waals surface area contributed by atoms with Gasteiger partial charge in [-0.1, -0.05) is 24.3 Å². The summed E-state index contributed by atoms with van der Waals surface area (Å²) in [5, 5.41) is 9.42. The molecule has 0 aliphatic rings. The minimum absolute atomic E-state index is 0.0310. The van der Waals surface area contributed by atoms with E-state index < -0.39 is 7.60 Å². The predicted molar refractivity (Wildman–Crippen MR) is 127 cm³/mol. The van der Waals surface area contributed by atoms with Crippen molar-refractivity contribution in [3.8, 4) is 5.75 Å². The van der Waals surface area contributed by atoms with Gasteiger partial charge in [-0.15, -0.1) is 0 Å². The van der Waals surface area contributed by atoms with Gasteiger partial charge in [0.2, 0.25) is 0 Å². The minimum atomic E-state index is -4.20. The van der Waals surface area contributed by atoms with Crippen molar-refractivity contribution in [3.05, 3.63) is 120 Å². The fourth-order valence-electron chi connectivity index (χ4n) is 3.38. The van der Waals surface area contributed by atoms with Gasteiger partial charge in [0.05, 0.1) is 5.30 Å². The number of phenols is 1. The number of benzene rings is 2. The number of pyridine rings is 2. The lowest BCUT2D eigenvalue weighted by Crippen LogP contribution is -2.33. The normalized spacial score (nSPS) is 11.7. The molecule has 33 heavy (non-hydrogen) atoms. The minimum Gasteiger partial charge on any atom is -0.508 e. The zero-order valence-corrected chi connectivity index (χ0v) is 18.8. The van der Waals surface area contributed by atoms with Gasteiger partial charge in [-0.05, 0) is 47.5 Å². The van der Waals surface area contributed by atoms with Crippen molar-refractivity contribution in [2.75, 3.05) is 0 Å². The molecular formula is C26H25N2O4P+2. The Morgan fingerprint density at radius 3 is 1.42 bits per heavy atom. The van der Waals surface area contributed by atoms with Crippen molar-refractivity contribution in [2.24, 2.45) is 0 Å². The first-order valence-electron chi connectivity index (χ1n) is 10.4. The molecule has 0 unspecified atom stereocenters. The average molecular weight is 460 g/mol. The van der Waals surface area contributed by atoms with Gasteiger partial charge in [0.1, 0.15) is 5.75 Å². The Morgan fingerprint density at radius 1 is 0.636 bits per heavy atom. The first kappa shape index (κ1) is 22.6. The maximum absolute atomic E-state index is 11.3. The van der Waals surface area contributed by atoms with E-state index in [0.717, 1.165) is 28.8 Å². The highest BCUT2D eigenvalue weighted by Gasteiger charge is 2.16. The summed E-state index contributed by atoms with van der Waals surface area (Å²) in [7, 11) is -4.20. The summed E-state index contributed by atoms with van der Waals surface area (Å²) in [5.41, 5.74) is 4.25. The fraction of sp³-hybridized carbons (Fsp3) is 0.0769. The third kappa shape index (κ3) is 6.46. The van der Waals surface area contributed by atoms with Crippen molar-refractivity contribution in [1.29, 1.82) is 0 Å². The summed E-state index contributed by atoms with van der Waals surface area (Å²) in [5.74, 6) is 0.271. The molecule has 3 N–H and O–H groups in total. The van der Waals surface area contributed by atoms with Crippen LogP contribution in [0, 0.1) is 0 Å². The topological polar surface area (TPSA) is 85.5 Å². The molecule has 4 aromatic rings. The molecule has 0 fully saturated rings. The predicted octanol–water partition coefficient (Wildman–Crippen LogP) is 3.04. The molecule has 0 saturated heterocycles. The Labute approximate surface area is 192 Å². The molecule has 7 heteroatoms. The second-order valence-corrected chi connectivity index (χ2v) is 9.42.